The van der Waals surface area contributed by atoms with Crippen molar-refractivity contribution in [3.63, 3.8) is 0 Å². The monoisotopic (exact) mass is 380 g/mol. The normalized spacial score (nSPS) is 18.5. The summed E-state index contributed by atoms with van der Waals surface area (Å²) in [6.45, 7) is -0.0665. The number of hydrogen-bond donors (Lipinski definition) is 0. The molecule has 1 unspecified atom stereocenters. The molecule has 0 radical (unpaired) electrons. The predicted molar refractivity (Wildman–Crippen MR) is 88.3 cm³/mol. The second-order valence-corrected chi connectivity index (χ2v) is 6.61. The minimum atomic E-state index is -0.922. The summed E-state index contributed by atoms with van der Waals surface area (Å²) in [7, 11) is 0. The largest absolute Gasteiger partial charge is 0.454 e. The Morgan fingerprint density at radius 1 is 1.19 bits per heavy atom. The molecule has 2 aromatic rings. The van der Waals surface area contributed by atoms with Crippen LogP contribution in [0.4, 0.5) is 20.2 Å². The fourth-order valence-corrected chi connectivity index (χ4v) is 4.08. The van der Waals surface area contributed by atoms with Crippen molar-refractivity contribution in [1.29, 1.82) is 0 Å². The van der Waals surface area contributed by atoms with Gasteiger partial charge in [0.1, 0.15) is 17.0 Å². The molecule has 134 valence electrons. The summed E-state index contributed by atoms with van der Waals surface area (Å²) in [5, 5.41) is 10.6. The van der Waals surface area contributed by atoms with E-state index in [4.69, 9.17) is 9.47 Å². The molecule has 2 heterocycles. The van der Waals surface area contributed by atoms with E-state index < -0.39 is 27.8 Å². The highest BCUT2D eigenvalue weighted by atomic mass is 32.2. The smallest absolute Gasteiger partial charge is 0.279 e. The van der Waals surface area contributed by atoms with Crippen LogP contribution in [-0.4, -0.2) is 23.4 Å². The number of carbonyl (C=O) groups is 1. The van der Waals surface area contributed by atoms with Crippen molar-refractivity contribution >= 4 is 29.0 Å². The minimum absolute atomic E-state index is 0.00702. The third kappa shape index (κ3) is 2.62. The van der Waals surface area contributed by atoms with Gasteiger partial charge in [0.15, 0.2) is 11.5 Å². The summed E-state index contributed by atoms with van der Waals surface area (Å²) in [5.41, 5.74) is -0.230. The third-order valence-corrected chi connectivity index (χ3v) is 5.22. The van der Waals surface area contributed by atoms with Crippen LogP contribution in [0.25, 0.3) is 0 Å². The number of hydrogen-bond acceptors (Lipinski definition) is 6. The highest BCUT2D eigenvalue weighted by molar-refractivity contribution is 8.00. The zero-order valence-corrected chi connectivity index (χ0v) is 13.8. The SMILES string of the molecule is O=C1CSC(c2cc3c(cc2[N+](=O)[O-])OCO3)N1c1ccc(F)cc1F. The molecular weight excluding hydrogens is 370 g/mol. The molecule has 26 heavy (non-hydrogen) atoms. The van der Waals surface area contributed by atoms with Gasteiger partial charge in [-0.1, -0.05) is 0 Å². The molecule has 1 fully saturated rings. The highest BCUT2D eigenvalue weighted by Gasteiger charge is 2.40. The van der Waals surface area contributed by atoms with Gasteiger partial charge >= 0.3 is 0 Å². The molecule has 0 saturated carbocycles. The molecule has 1 saturated heterocycles. The molecule has 7 nitrogen and oxygen atoms in total. The number of benzene rings is 2. The van der Waals surface area contributed by atoms with Gasteiger partial charge in [-0.15, -0.1) is 11.8 Å². The number of thioether (sulfide) groups is 1. The lowest BCUT2D eigenvalue weighted by atomic mass is 10.1. The summed E-state index contributed by atoms with van der Waals surface area (Å²) >= 11 is 1.11. The van der Waals surface area contributed by atoms with Gasteiger partial charge in [0, 0.05) is 6.07 Å². The first-order chi connectivity index (χ1) is 12.5. The molecule has 0 bridgehead atoms. The molecule has 2 aliphatic heterocycles. The third-order valence-electron chi connectivity index (χ3n) is 4.02. The Balaban J connectivity index is 1.84. The molecule has 2 aliphatic rings. The average molecular weight is 380 g/mol. The number of amides is 1. The number of nitro groups is 1. The van der Waals surface area contributed by atoms with Crippen molar-refractivity contribution in [3.05, 3.63) is 57.6 Å². The Bertz CT molecular complexity index is 939. The van der Waals surface area contributed by atoms with E-state index in [1.807, 2.05) is 0 Å². The molecule has 4 rings (SSSR count). The Morgan fingerprint density at radius 3 is 2.62 bits per heavy atom. The molecule has 0 aromatic heterocycles. The van der Waals surface area contributed by atoms with Gasteiger partial charge in [-0.2, -0.15) is 0 Å². The maximum absolute atomic E-state index is 14.2. The van der Waals surface area contributed by atoms with Gasteiger partial charge in [0.25, 0.3) is 5.69 Å². The van der Waals surface area contributed by atoms with Gasteiger partial charge in [0.2, 0.25) is 12.7 Å². The summed E-state index contributed by atoms with van der Waals surface area (Å²) in [6.07, 6.45) is 0. The lowest BCUT2D eigenvalue weighted by Crippen LogP contribution is -2.29. The minimum Gasteiger partial charge on any atom is -0.454 e. The molecule has 0 N–H and O–H groups in total. The number of ether oxygens (including phenoxy) is 2. The van der Waals surface area contributed by atoms with Gasteiger partial charge < -0.3 is 9.47 Å². The topological polar surface area (TPSA) is 81.9 Å². The molecule has 1 amide bonds. The molecule has 2 aromatic carbocycles. The van der Waals surface area contributed by atoms with Crippen LogP contribution >= 0.6 is 11.8 Å². The quantitative estimate of drug-likeness (QED) is 0.600. The van der Waals surface area contributed by atoms with E-state index in [1.165, 1.54) is 12.1 Å². The molecular formula is C16H10F2N2O5S. The fraction of sp³-hybridized carbons (Fsp3) is 0.188. The summed E-state index contributed by atoms with van der Waals surface area (Å²) in [6, 6.07) is 5.47. The number of nitro benzene ring substituents is 1. The average Bonchev–Trinajstić information content (AvgIpc) is 3.20. The summed E-state index contributed by atoms with van der Waals surface area (Å²) < 4.78 is 37.8. The second kappa shape index (κ2) is 6.13. The number of fused-ring (bicyclic) bond motifs is 1. The first kappa shape index (κ1) is 16.6. The number of nitrogens with zero attached hydrogens (tertiary/aromatic N) is 2. The summed E-state index contributed by atoms with van der Waals surface area (Å²) in [5.74, 6) is -1.59. The number of rotatable bonds is 3. The van der Waals surface area contributed by atoms with E-state index in [9.17, 15) is 23.7 Å². The number of anilines is 1. The fourth-order valence-electron chi connectivity index (χ4n) is 2.89. The first-order valence-corrected chi connectivity index (χ1v) is 8.47. The standard InChI is InChI=1S/C16H10F2N2O5S/c17-8-1-2-11(10(18)3-8)19-15(21)6-26-16(19)9-4-13-14(25-7-24-13)5-12(9)20(22)23/h1-5,16H,6-7H2. The van der Waals surface area contributed by atoms with Crippen molar-refractivity contribution in [2.45, 2.75) is 5.37 Å². The van der Waals surface area contributed by atoms with Crippen LogP contribution in [0.2, 0.25) is 0 Å². The number of halogens is 2. The Labute approximate surface area is 149 Å². The highest BCUT2D eigenvalue weighted by Crippen LogP contribution is 2.49. The molecule has 1 atom stereocenters. The lowest BCUT2D eigenvalue weighted by Gasteiger charge is -2.24. The van der Waals surface area contributed by atoms with Crippen LogP contribution in [-0.2, 0) is 4.79 Å². The van der Waals surface area contributed by atoms with Crippen molar-refractivity contribution in [2.24, 2.45) is 0 Å². The second-order valence-electron chi connectivity index (χ2n) is 5.54. The van der Waals surface area contributed by atoms with E-state index in [1.54, 1.807) is 0 Å². The Hall–Kier alpha value is -2.88. The van der Waals surface area contributed by atoms with Crippen molar-refractivity contribution in [1.82, 2.24) is 0 Å². The van der Waals surface area contributed by atoms with Crippen LogP contribution in [0, 0.1) is 21.7 Å². The Morgan fingerprint density at radius 2 is 1.92 bits per heavy atom. The zero-order valence-electron chi connectivity index (χ0n) is 13.0. The van der Waals surface area contributed by atoms with E-state index in [2.05, 4.69) is 0 Å². The van der Waals surface area contributed by atoms with Crippen LogP contribution in [0.15, 0.2) is 30.3 Å². The first-order valence-electron chi connectivity index (χ1n) is 7.42. The van der Waals surface area contributed by atoms with Crippen molar-refractivity contribution in [3.8, 4) is 11.5 Å². The van der Waals surface area contributed by atoms with Crippen LogP contribution in [0.3, 0.4) is 0 Å². The lowest BCUT2D eigenvalue weighted by molar-refractivity contribution is -0.385. The van der Waals surface area contributed by atoms with E-state index >= 15 is 0 Å². The van der Waals surface area contributed by atoms with Crippen LogP contribution < -0.4 is 14.4 Å². The van der Waals surface area contributed by atoms with Gasteiger partial charge in [-0.05, 0) is 18.2 Å². The zero-order chi connectivity index (χ0) is 18.4. The van der Waals surface area contributed by atoms with Gasteiger partial charge in [-0.3, -0.25) is 19.8 Å². The molecule has 0 aliphatic carbocycles. The van der Waals surface area contributed by atoms with Crippen LogP contribution in [0.5, 0.6) is 11.5 Å². The molecule has 0 spiro atoms. The van der Waals surface area contributed by atoms with Crippen LogP contribution in [0.1, 0.15) is 10.9 Å². The molecule has 10 heteroatoms. The maximum Gasteiger partial charge on any atom is 0.279 e. The maximum atomic E-state index is 14.2. The van der Waals surface area contributed by atoms with E-state index in [0.29, 0.717) is 11.8 Å². The van der Waals surface area contributed by atoms with Crippen molar-refractivity contribution < 1.29 is 28.0 Å². The number of carbonyl (C=O) groups excluding carboxylic acids is 1. The Kier molecular flexibility index (Phi) is 3.91. The van der Waals surface area contributed by atoms with Gasteiger partial charge in [0.05, 0.1) is 28.0 Å². The van der Waals surface area contributed by atoms with Gasteiger partial charge in [-0.25, -0.2) is 8.78 Å². The van der Waals surface area contributed by atoms with E-state index in [0.717, 1.165) is 28.8 Å². The van der Waals surface area contributed by atoms with E-state index in [-0.39, 0.29) is 35.2 Å². The summed E-state index contributed by atoms with van der Waals surface area (Å²) in [4.78, 5) is 24.3. The van der Waals surface area contributed by atoms with Crippen molar-refractivity contribution in [2.75, 3.05) is 17.4 Å². The predicted octanol–water partition coefficient (Wildman–Crippen LogP) is 3.38.